The van der Waals surface area contributed by atoms with Gasteiger partial charge in [-0.3, -0.25) is 14.6 Å². The number of ketones is 1. The molecule has 2 N–H and O–H groups in total. The molecule has 4 rings (SSSR count). The summed E-state index contributed by atoms with van der Waals surface area (Å²) in [5.74, 6) is -1.58. The fourth-order valence-corrected chi connectivity index (χ4v) is 4.61. The van der Waals surface area contributed by atoms with Crippen LogP contribution in [0.5, 0.6) is 0 Å². The highest BCUT2D eigenvalue weighted by Gasteiger charge is 2.43. The molecule has 5 nitrogen and oxygen atoms in total. The van der Waals surface area contributed by atoms with Crippen molar-refractivity contribution < 1.29 is 22.8 Å². The normalized spacial score (nSPS) is 20.3. The third-order valence-corrected chi connectivity index (χ3v) is 5.95. The molecule has 0 saturated carbocycles. The first kappa shape index (κ1) is 22.8. The molecular weight excluding hydrogens is 431 g/mol. The lowest BCUT2D eigenvalue weighted by molar-refractivity contribution is -0.137. The van der Waals surface area contributed by atoms with Crippen molar-refractivity contribution in [1.82, 2.24) is 10.3 Å². The SMILES string of the molecule is CC1=C(C(=O)Nc2ccccc2C(F)(F)F)C(c2ccccn2)C2=C(CC(C)(C)CC2=O)N1. The van der Waals surface area contributed by atoms with E-state index in [1.165, 1.54) is 18.2 Å². The maximum absolute atomic E-state index is 13.5. The number of anilines is 1. The first-order valence-corrected chi connectivity index (χ1v) is 10.6. The molecule has 1 aliphatic heterocycles. The molecule has 0 bridgehead atoms. The van der Waals surface area contributed by atoms with Crippen molar-refractivity contribution in [3.05, 3.63) is 82.5 Å². The zero-order valence-corrected chi connectivity index (χ0v) is 18.5. The van der Waals surface area contributed by atoms with Crippen molar-refractivity contribution in [3.63, 3.8) is 0 Å². The predicted octanol–water partition coefficient (Wildman–Crippen LogP) is 5.34. The highest BCUT2D eigenvalue weighted by molar-refractivity contribution is 6.10. The standard InChI is InChI=1S/C25H24F3N3O2/c1-14-20(23(33)31-16-9-5-4-8-15(16)25(26,27)28)22(17-10-6-7-11-29-17)21-18(30-14)12-24(2,3)13-19(21)32/h4-11,22,30H,12-13H2,1-3H3,(H,31,33). The average molecular weight is 455 g/mol. The number of halogens is 3. The van der Waals surface area contributed by atoms with Gasteiger partial charge in [-0.05, 0) is 43.0 Å². The van der Waals surface area contributed by atoms with Gasteiger partial charge in [0, 0.05) is 35.2 Å². The van der Waals surface area contributed by atoms with E-state index in [2.05, 4.69) is 15.6 Å². The van der Waals surface area contributed by atoms with Crippen LogP contribution in [0.15, 0.2) is 71.2 Å². The minimum Gasteiger partial charge on any atom is -0.362 e. The average Bonchev–Trinajstić information content (AvgIpc) is 2.72. The Bertz CT molecular complexity index is 1180. The van der Waals surface area contributed by atoms with E-state index in [0.29, 0.717) is 29.8 Å². The Morgan fingerprint density at radius 3 is 2.48 bits per heavy atom. The van der Waals surface area contributed by atoms with Gasteiger partial charge >= 0.3 is 6.18 Å². The molecule has 2 heterocycles. The van der Waals surface area contributed by atoms with Crippen LogP contribution in [0.4, 0.5) is 18.9 Å². The summed E-state index contributed by atoms with van der Waals surface area (Å²) in [5.41, 5.74) is 0.812. The third kappa shape index (κ3) is 4.42. The number of hydrogen-bond acceptors (Lipinski definition) is 4. The fourth-order valence-electron chi connectivity index (χ4n) is 4.61. The number of rotatable bonds is 3. The van der Waals surface area contributed by atoms with Gasteiger partial charge in [0.1, 0.15) is 0 Å². The van der Waals surface area contributed by atoms with Crippen molar-refractivity contribution in [3.8, 4) is 0 Å². The monoisotopic (exact) mass is 455 g/mol. The number of carbonyl (C=O) groups excluding carboxylic acids is 2. The Morgan fingerprint density at radius 1 is 1.12 bits per heavy atom. The van der Waals surface area contributed by atoms with E-state index < -0.39 is 23.6 Å². The number of pyridine rings is 1. The number of aromatic nitrogens is 1. The number of dihydropyridines is 1. The number of benzene rings is 1. The first-order chi connectivity index (χ1) is 15.5. The Morgan fingerprint density at radius 2 is 1.82 bits per heavy atom. The molecule has 1 unspecified atom stereocenters. The van der Waals surface area contributed by atoms with Crippen LogP contribution in [0.1, 0.15) is 50.8 Å². The van der Waals surface area contributed by atoms with E-state index in [9.17, 15) is 22.8 Å². The molecule has 1 amide bonds. The van der Waals surface area contributed by atoms with E-state index in [1.54, 1.807) is 31.3 Å². The molecule has 1 aromatic carbocycles. The number of nitrogens with one attached hydrogen (secondary N) is 2. The lowest BCUT2D eigenvalue weighted by atomic mass is 9.69. The zero-order chi connectivity index (χ0) is 24.0. The number of Topliss-reactive ketones (excluding diaryl/α,β-unsaturated/α-hetero) is 1. The van der Waals surface area contributed by atoms with E-state index >= 15 is 0 Å². The second-order valence-electron chi connectivity index (χ2n) is 9.18. The third-order valence-electron chi connectivity index (χ3n) is 5.95. The Kier molecular flexibility index (Phi) is 5.64. The zero-order valence-electron chi connectivity index (χ0n) is 18.5. The van der Waals surface area contributed by atoms with Crippen molar-refractivity contribution in [2.75, 3.05) is 5.32 Å². The summed E-state index contributed by atoms with van der Waals surface area (Å²) in [4.78, 5) is 31.0. The van der Waals surface area contributed by atoms with Gasteiger partial charge in [-0.25, -0.2) is 0 Å². The van der Waals surface area contributed by atoms with E-state index in [-0.39, 0.29) is 22.5 Å². The van der Waals surface area contributed by atoms with Gasteiger partial charge in [0.25, 0.3) is 5.91 Å². The predicted molar refractivity (Wildman–Crippen MR) is 118 cm³/mol. The lowest BCUT2D eigenvalue weighted by Crippen LogP contribution is -2.39. The Hall–Kier alpha value is -3.42. The quantitative estimate of drug-likeness (QED) is 0.655. The number of nitrogens with zero attached hydrogens (tertiary/aromatic N) is 1. The number of alkyl halides is 3. The molecule has 172 valence electrons. The van der Waals surface area contributed by atoms with Crippen molar-refractivity contribution in [2.45, 2.75) is 45.7 Å². The summed E-state index contributed by atoms with van der Waals surface area (Å²) < 4.78 is 40.4. The van der Waals surface area contributed by atoms with Crippen molar-refractivity contribution in [2.24, 2.45) is 5.41 Å². The summed E-state index contributed by atoms with van der Waals surface area (Å²) in [5, 5.41) is 5.62. The van der Waals surface area contributed by atoms with E-state index in [4.69, 9.17) is 0 Å². The van der Waals surface area contributed by atoms with E-state index in [1.807, 2.05) is 13.8 Å². The number of allylic oxidation sites excluding steroid dienone is 3. The molecule has 33 heavy (non-hydrogen) atoms. The molecule has 0 radical (unpaired) electrons. The summed E-state index contributed by atoms with van der Waals surface area (Å²) in [6, 6.07) is 10.0. The van der Waals surface area contributed by atoms with Crippen LogP contribution in [-0.4, -0.2) is 16.7 Å². The van der Waals surface area contributed by atoms with Crippen LogP contribution in [0.3, 0.4) is 0 Å². The Labute approximate surface area is 189 Å². The molecular formula is C25H24F3N3O2. The van der Waals surface area contributed by atoms with Crippen molar-refractivity contribution >= 4 is 17.4 Å². The minimum absolute atomic E-state index is 0.0992. The smallest absolute Gasteiger partial charge is 0.362 e. The van der Waals surface area contributed by atoms with Crippen LogP contribution >= 0.6 is 0 Å². The molecule has 0 spiro atoms. The molecule has 2 aliphatic rings. The maximum atomic E-state index is 13.5. The largest absolute Gasteiger partial charge is 0.418 e. The van der Waals surface area contributed by atoms with E-state index in [0.717, 1.165) is 11.8 Å². The first-order valence-electron chi connectivity index (χ1n) is 10.6. The van der Waals surface area contributed by atoms with Gasteiger partial charge in [-0.1, -0.05) is 32.0 Å². The van der Waals surface area contributed by atoms with Gasteiger partial charge in [0.15, 0.2) is 5.78 Å². The maximum Gasteiger partial charge on any atom is 0.418 e. The summed E-state index contributed by atoms with van der Waals surface area (Å²) in [6.07, 6.45) is -2.14. The molecule has 0 fully saturated rings. The molecule has 0 saturated heterocycles. The van der Waals surface area contributed by atoms with Gasteiger partial charge < -0.3 is 10.6 Å². The highest BCUT2D eigenvalue weighted by Crippen LogP contribution is 2.46. The van der Waals surface area contributed by atoms with Crippen LogP contribution in [0.2, 0.25) is 0 Å². The van der Waals surface area contributed by atoms with Gasteiger partial charge in [0.2, 0.25) is 0 Å². The molecule has 2 aromatic rings. The van der Waals surface area contributed by atoms with Crippen LogP contribution in [-0.2, 0) is 15.8 Å². The van der Waals surface area contributed by atoms with Crippen LogP contribution < -0.4 is 10.6 Å². The van der Waals surface area contributed by atoms with Gasteiger partial charge in [0.05, 0.1) is 22.9 Å². The van der Waals surface area contributed by atoms with Gasteiger partial charge in [-0.15, -0.1) is 0 Å². The van der Waals surface area contributed by atoms with Crippen LogP contribution in [0, 0.1) is 5.41 Å². The van der Waals surface area contributed by atoms with Crippen molar-refractivity contribution in [1.29, 1.82) is 0 Å². The second kappa shape index (κ2) is 8.17. The summed E-state index contributed by atoms with van der Waals surface area (Å²) in [7, 11) is 0. The fraction of sp³-hybridized carbons (Fsp3) is 0.320. The summed E-state index contributed by atoms with van der Waals surface area (Å²) in [6.45, 7) is 5.69. The molecule has 1 aliphatic carbocycles. The highest BCUT2D eigenvalue weighted by atomic mass is 19.4. The molecule has 1 atom stereocenters. The number of hydrogen-bond donors (Lipinski definition) is 2. The number of amides is 1. The topological polar surface area (TPSA) is 71.1 Å². The Balaban J connectivity index is 1.80. The summed E-state index contributed by atoms with van der Waals surface area (Å²) >= 11 is 0. The molecule has 8 heteroatoms. The number of carbonyl (C=O) groups is 2. The second-order valence-corrected chi connectivity index (χ2v) is 9.18. The minimum atomic E-state index is -4.63. The van der Waals surface area contributed by atoms with Crippen LogP contribution in [0.25, 0.3) is 0 Å². The molecule has 1 aromatic heterocycles. The lowest BCUT2D eigenvalue weighted by Gasteiger charge is -2.39. The number of para-hydroxylation sites is 1. The van der Waals surface area contributed by atoms with Gasteiger partial charge in [-0.2, -0.15) is 13.2 Å².